The number of anilines is 3. The van der Waals surface area contributed by atoms with Gasteiger partial charge in [-0.3, -0.25) is 0 Å². The third kappa shape index (κ3) is 5.44. The van der Waals surface area contributed by atoms with E-state index in [9.17, 15) is 0 Å². The Morgan fingerprint density at radius 1 is 0.370 bits per heavy atom. The summed E-state index contributed by atoms with van der Waals surface area (Å²) in [5.74, 6) is 0. The number of nitrogens with zero attached hydrogens (tertiary/aromatic N) is 1. The van der Waals surface area contributed by atoms with Crippen LogP contribution in [-0.2, 0) is 16.2 Å². The predicted molar refractivity (Wildman–Crippen MR) is 306 cm³/mol. The van der Waals surface area contributed by atoms with Gasteiger partial charge in [-0.1, -0.05) is 174 Å². The van der Waals surface area contributed by atoms with Crippen LogP contribution in [0.25, 0.3) is 99.2 Å². The molecule has 0 N–H and O–H groups in total. The fraction of sp³-hybridized carbons (Fsp3) is 0.171. The summed E-state index contributed by atoms with van der Waals surface area (Å²) in [5.41, 5.74) is 28.3. The summed E-state index contributed by atoms with van der Waals surface area (Å²) in [6, 6.07) is 63.3. The molecule has 0 bridgehead atoms. The Labute approximate surface area is 426 Å². The molecule has 15 rings (SSSR count). The van der Waals surface area contributed by atoms with E-state index < -0.39 is 0 Å². The van der Waals surface area contributed by atoms with E-state index in [-0.39, 0.29) is 16.2 Å². The lowest BCUT2D eigenvalue weighted by molar-refractivity contribution is 0.600. The minimum atomic E-state index is -0.333. The lowest BCUT2D eigenvalue weighted by Gasteiger charge is -2.33. The van der Waals surface area contributed by atoms with Gasteiger partial charge in [-0.2, -0.15) is 0 Å². The summed E-state index contributed by atoms with van der Waals surface area (Å²) >= 11 is 0. The first kappa shape index (κ1) is 42.5. The van der Waals surface area contributed by atoms with E-state index in [1.54, 1.807) is 0 Å². The molecule has 0 saturated carbocycles. The van der Waals surface area contributed by atoms with Gasteiger partial charge >= 0.3 is 0 Å². The molecular weight excluding hydrogens is 887 g/mol. The van der Waals surface area contributed by atoms with Gasteiger partial charge in [0, 0.05) is 60.3 Å². The van der Waals surface area contributed by atoms with Crippen molar-refractivity contribution < 1.29 is 8.83 Å². The zero-order chi connectivity index (χ0) is 49.6. The van der Waals surface area contributed by atoms with E-state index in [1.807, 2.05) is 0 Å². The second kappa shape index (κ2) is 14.3. The number of furan rings is 2. The Kier molecular flexibility index (Phi) is 8.33. The highest BCUT2D eigenvalue weighted by Gasteiger charge is 2.49. The molecule has 3 aliphatic carbocycles. The molecule has 0 spiro atoms. The maximum atomic E-state index is 7.02. The molecule has 10 aromatic carbocycles. The first-order valence-electron chi connectivity index (χ1n) is 26.0. The van der Waals surface area contributed by atoms with Crippen molar-refractivity contribution in [2.45, 2.75) is 78.6 Å². The molecule has 0 radical (unpaired) electrons. The maximum absolute atomic E-state index is 7.02. The highest BCUT2D eigenvalue weighted by molar-refractivity contribution is 6.22. The standard InChI is InChI=1S/C70H55NO2/c1-38-33-39(2)65(40(3)34-38)71(43-30-32-48-54(36-43)70(8,9)63-59(48)61-50-24-14-17-28-57(50)73-67(61)62-46-22-12-15-26-52(46)69(6,7)64(62)63)42-29-31-47-53(35-42)68(4,5)55-37-51(45-25-18-20-41-19-10-11-21-44(41)45)66-60(58(47)55)49-23-13-16-27-56(49)72-66/h10-37H,1-9H3. The average molecular weight is 942 g/mol. The molecule has 3 nitrogen and oxygen atoms in total. The first-order valence-corrected chi connectivity index (χ1v) is 26.0. The van der Waals surface area contributed by atoms with Gasteiger partial charge < -0.3 is 13.7 Å². The summed E-state index contributed by atoms with van der Waals surface area (Å²) in [4.78, 5) is 2.56. The second-order valence-corrected chi connectivity index (χ2v) is 22.9. The normalized spacial score (nSPS) is 15.2. The van der Waals surface area contributed by atoms with Crippen LogP contribution in [0.5, 0.6) is 0 Å². The first-order chi connectivity index (χ1) is 35.2. The molecule has 3 aliphatic rings. The average Bonchev–Trinajstić information content (AvgIpc) is 4.14. The van der Waals surface area contributed by atoms with Crippen molar-refractivity contribution in [1.82, 2.24) is 0 Å². The monoisotopic (exact) mass is 941 g/mol. The van der Waals surface area contributed by atoms with Crippen molar-refractivity contribution in [3.05, 3.63) is 220 Å². The lowest BCUT2D eigenvalue weighted by atomic mass is 9.72. The Bertz CT molecular complexity index is 4420. The number of para-hydroxylation sites is 2. The zero-order valence-electron chi connectivity index (χ0n) is 42.9. The smallest absolute Gasteiger partial charge is 0.144 e. The predicted octanol–water partition coefficient (Wildman–Crippen LogP) is 19.6. The summed E-state index contributed by atoms with van der Waals surface area (Å²) in [6.45, 7) is 21.4. The van der Waals surface area contributed by atoms with Crippen LogP contribution in [0.3, 0.4) is 0 Å². The van der Waals surface area contributed by atoms with E-state index >= 15 is 0 Å². The van der Waals surface area contributed by atoms with E-state index in [4.69, 9.17) is 8.83 Å². The molecule has 0 unspecified atom stereocenters. The number of aryl methyl sites for hydroxylation is 3. The zero-order valence-corrected chi connectivity index (χ0v) is 42.9. The number of hydrogen-bond acceptors (Lipinski definition) is 3. The van der Waals surface area contributed by atoms with E-state index in [0.717, 1.165) is 44.7 Å². The van der Waals surface area contributed by atoms with Gasteiger partial charge in [0.05, 0.1) is 5.69 Å². The van der Waals surface area contributed by atoms with Crippen LogP contribution in [0.15, 0.2) is 179 Å². The quantitative estimate of drug-likeness (QED) is 0.176. The molecule has 73 heavy (non-hydrogen) atoms. The van der Waals surface area contributed by atoms with Crippen LogP contribution in [0.1, 0.15) is 91.6 Å². The van der Waals surface area contributed by atoms with Crippen LogP contribution >= 0.6 is 0 Å². The molecule has 0 atom stereocenters. The van der Waals surface area contributed by atoms with Crippen molar-refractivity contribution in [1.29, 1.82) is 0 Å². The summed E-state index contributed by atoms with van der Waals surface area (Å²) < 4.78 is 14.0. The van der Waals surface area contributed by atoms with Gasteiger partial charge in [0.1, 0.15) is 22.3 Å². The fourth-order valence-electron chi connectivity index (χ4n) is 14.5. The van der Waals surface area contributed by atoms with Crippen molar-refractivity contribution in [2.24, 2.45) is 0 Å². The number of benzene rings is 10. The minimum Gasteiger partial charge on any atom is -0.455 e. The minimum absolute atomic E-state index is 0.230. The molecule has 0 fully saturated rings. The largest absolute Gasteiger partial charge is 0.455 e. The Hall–Kier alpha value is -8.14. The van der Waals surface area contributed by atoms with Gasteiger partial charge in [0.25, 0.3) is 0 Å². The third-order valence-electron chi connectivity index (χ3n) is 17.6. The van der Waals surface area contributed by atoms with Crippen LogP contribution < -0.4 is 4.90 Å². The number of rotatable bonds is 4. The van der Waals surface area contributed by atoms with Gasteiger partial charge in [-0.15, -0.1) is 0 Å². The molecule has 0 saturated heterocycles. The molecule has 0 aliphatic heterocycles. The molecule has 352 valence electrons. The third-order valence-corrected chi connectivity index (χ3v) is 17.6. The Morgan fingerprint density at radius 2 is 0.877 bits per heavy atom. The van der Waals surface area contributed by atoms with Crippen molar-refractivity contribution >= 4 is 71.7 Å². The lowest BCUT2D eigenvalue weighted by Crippen LogP contribution is -2.24. The van der Waals surface area contributed by atoms with Crippen LogP contribution in [0.2, 0.25) is 0 Å². The molecule has 0 amide bonds. The highest BCUT2D eigenvalue weighted by Crippen LogP contribution is 2.64. The van der Waals surface area contributed by atoms with Crippen LogP contribution in [0.4, 0.5) is 17.1 Å². The van der Waals surface area contributed by atoms with Crippen molar-refractivity contribution in [3.63, 3.8) is 0 Å². The Morgan fingerprint density at radius 3 is 1.58 bits per heavy atom. The molecular formula is C70H55NO2. The number of fused-ring (bicyclic) bond motifs is 20. The summed E-state index contributed by atoms with van der Waals surface area (Å²) in [5, 5.41) is 7.18. The Balaban J connectivity index is 0.962. The van der Waals surface area contributed by atoms with E-state index in [2.05, 4.69) is 237 Å². The van der Waals surface area contributed by atoms with Gasteiger partial charge in [0.15, 0.2) is 0 Å². The van der Waals surface area contributed by atoms with Crippen molar-refractivity contribution in [2.75, 3.05) is 4.90 Å². The molecule has 3 heteroatoms. The maximum Gasteiger partial charge on any atom is 0.144 e. The van der Waals surface area contributed by atoms with E-state index in [0.29, 0.717) is 0 Å². The van der Waals surface area contributed by atoms with Gasteiger partial charge in [-0.25, -0.2) is 0 Å². The van der Waals surface area contributed by atoms with Gasteiger partial charge in [-0.05, 0) is 152 Å². The fourth-order valence-corrected chi connectivity index (χ4v) is 14.5. The molecule has 2 aromatic heterocycles. The molecule has 12 aromatic rings. The SMILES string of the molecule is Cc1cc(C)c(N(c2ccc3c(c2)C(C)(C)c2cc(-c4cccc5ccccc45)c4oc5ccccc5c4c2-3)c2ccc3c(c2)C(C)(C)c2c4c(c5oc6ccccc6c5c2-3)-c2ccccc2C4(C)C)c(C)c1. The second-order valence-electron chi connectivity index (χ2n) is 22.9. The highest BCUT2D eigenvalue weighted by atomic mass is 16.3. The van der Waals surface area contributed by atoms with Crippen LogP contribution in [0, 0.1) is 20.8 Å². The topological polar surface area (TPSA) is 29.5 Å². The molecule has 2 heterocycles. The van der Waals surface area contributed by atoms with Crippen LogP contribution in [-0.4, -0.2) is 0 Å². The van der Waals surface area contributed by atoms with E-state index in [1.165, 1.54) is 122 Å². The van der Waals surface area contributed by atoms with Gasteiger partial charge in [0.2, 0.25) is 0 Å². The summed E-state index contributed by atoms with van der Waals surface area (Å²) in [7, 11) is 0. The van der Waals surface area contributed by atoms with Crippen molar-refractivity contribution in [3.8, 4) is 44.5 Å². The number of hydrogen-bond donors (Lipinski definition) is 0. The summed E-state index contributed by atoms with van der Waals surface area (Å²) in [6.07, 6.45) is 0.